The largest absolute Gasteiger partial charge is 0.310 e. The highest BCUT2D eigenvalue weighted by Gasteiger charge is 2.38. The number of hydrogen-bond acceptors (Lipinski definition) is 4. The Bertz CT molecular complexity index is 1180. The molecule has 0 aromatic heterocycles. The number of para-hydroxylation sites is 4. The second-order valence-corrected chi connectivity index (χ2v) is 13.1. The van der Waals surface area contributed by atoms with E-state index in [4.69, 9.17) is 0 Å². The summed E-state index contributed by atoms with van der Waals surface area (Å²) in [5.41, 5.74) is 3.67. The van der Waals surface area contributed by atoms with Crippen molar-refractivity contribution in [1.29, 1.82) is 0 Å². The van der Waals surface area contributed by atoms with E-state index in [2.05, 4.69) is 0 Å². The number of rotatable bonds is 8. The predicted octanol–water partition coefficient (Wildman–Crippen LogP) is 5.15. The van der Waals surface area contributed by atoms with E-state index in [1.165, 1.54) is 51.4 Å². The van der Waals surface area contributed by atoms with Gasteiger partial charge in [0.1, 0.15) is 12.8 Å². The molecule has 6 aliphatic rings. The summed E-state index contributed by atoms with van der Waals surface area (Å²) >= 11 is 0. The van der Waals surface area contributed by atoms with Crippen LogP contribution in [0.5, 0.6) is 0 Å². The van der Waals surface area contributed by atoms with Gasteiger partial charge in [-0.2, -0.15) is 0 Å². The molecule has 4 fully saturated rings. The van der Waals surface area contributed by atoms with Gasteiger partial charge >= 0.3 is 0 Å². The zero-order chi connectivity index (χ0) is 28.8. The normalized spacial score (nSPS) is 22.3. The van der Waals surface area contributed by atoms with Gasteiger partial charge in [0.25, 0.3) is 0 Å². The minimum Gasteiger partial charge on any atom is -0.310 e. The molecule has 8 rings (SSSR count). The van der Waals surface area contributed by atoms with E-state index in [0.717, 1.165) is 48.9 Å². The first-order chi connectivity index (χ1) is 20.4. The fourth-order valence-corrected chi connectivity index (χ4v) is 6.05. The SMILES string of the molecule is O=C1CC(=O)N(CC2CC2)c2ccccc2N1CC1CC1.O=C1CC(=O)N(CC2CC2)c2ccccc2N1CC1CC1. The highest BCUT2D eigenvalue weighted by Crippen LogP contribution is 2.41. The summed E-state index contributed by atoms with van der Waals surface area (Å²) in [7, 11) is 0. The Morgan fingerprint density at radius 3 is 0.810 bits per heavy atom. The van der Waals surface area contributed by atoms with Gasteiger partial charge in [0.15, 0.2) is 0 Å². The third kappa shape index (κ3) is 6.08. The Labute approximate surface area is 247 Å². The van der Waals surface area contributed by atoms with Crippen LogP contribution in [0.1, 0.15) is 64.2 Å². The van der Waals surface area contributed by atoms with Gasteiger partial charge in [0, 0.05) is 26.2 Å². The number of fused-ring (bicyclic) bond motifs is 2. The van der Waals surface area contributed by atoms with Gasteiger partial charge in [-0.15, -0.1) is 0 Å². The minimum atomic E-state index is -0.0438. The van der Waals surface area contributed by atoms with Gasteiger partial charge in [-0.3, -0.25) is 19.2 Å². The van der Waals surface area contributed by atoms with Crippen molar-refractivity contribution in [2.45, 2.75) is 64.2 Å². The van der Waals surface area contributed by atoms with E-state index >= 15 is 0 Å². The molecule has 0 spiro atoms. The van der Waals surface area contributed by atoms with Crippen LogP contribution in [0.15, 0.2) is 48.5 Å². The average Bonchev–Trinajstić information content (AvgIpc) is 3.81. The molecule has 0 atom stereocenters. The number of carbonyl (C=O) groups excluding carboxylic acids is 4. The zero-order valence-electron chi connectivity index (χ0n) is 24.2. The number of nitrogens with zero attached hydrogens (tertiary/aromatic N) is 4. The standard InChI is InChI=1S/2C17H20N2O2/c2*20-16-9-17(21)19(11-13-7-8-13)15-4-2-1-3-14(15)18(16)10-12-5-6-12/h2*1-4,12-13H,5-11H2. The van der Waals surface area contributed by atoms with E-state index in [1.807, 2.05) is 68.1 Å². The van der Waals surface area contributed by atoms with Crippen LogP contribution in [-0.2, 0) is 19.2 Å². The molecule has 0 bridgehead atoms. The number of amides is 4. The molecule has 2 aromatic rings. The molecule has 2 aromatic carbocycles. The highest BCUT2D eigenvalue weighted by atomic mass is 16.2. The van der Waals surface area contributed by atoms with E-state index in [9.17, 15) is 19.2 Å². The van der Waals surface area contributed by atoms with Crippen molar-refractivity contribution >= 4 is 46.4 Å². The second kappa shape index (κ2) is 11.2. The summed E-state index contributed by atoms with van der Waals surface area (Å²) < 4.78 is 0. The second-order valence-electron chi connectivity index (χ2n) is 13.1. The van der Waals surface area contributed by atoms with Crippen LogP contribution < -0.4 is 19.6 Å². The van der Waals surface area contributed by atoms with E-state index in [-0.39, 0.29) is 36.5 Å². The van der Waals surface area contributed by atoms with Gasteiger partial charge < -0.3 is 19.6 Å². The first-order valence-corrected chi connectivity index (χ1v) is 15.8. The van der Waals surface area contributed by atoms with Gasteiger partial charge in [0.05, 0.1) is 22.7 Å². The molecule has 8 nitrogen and oxygen atoms in total. The lowest BCUT2D eigenvalue weighted by Gasteiger charge is -2.25. The molecule has 2 heterocycles. The molecule has 0 N–H and O–H groups in total. The van der Waals surface area contributed by atoms with Crippen LogP contribution in [0.2, 0.25) is 0 Å². The summed E-state index contributed by atoms with van der Waals surface area (Å²) in [4.78, 5) is 57.3. The number of hydrogen-bond donors (Lipinski definition) is 0. The van der Waals surface area contributed by atoms with Crippen LogP contribution in [0.3, 0.4) is 0 Å². The molecule has 8 heteroatoms. The van der Waals surface area contributed by atoms with Crippen molar-refractivity contribution in [2.24, 2.45) is 23.7 Å². The van der Waals surface area contributed by atoms with E-state index in [1.54, 1.807) is 0 Å². The molecule has 4 amide bonds. The third-order valence-corrected chi connectivity index (χ3v) is 9.29. The van der Waals surface area contributed by atoms with Crippen molar-refractivity contribution in [3.8, 4) is 0 Å². The van der Waals surface area contributed by atoms with E-state index < -0.39 is 0 Å². The summed E-state index contributed by atoms with van der Waals surface area (Å²) in [5.74, 6) is 2.30. The zero-order valence-corrected chi connectivity index (χ0v) is 24.2. The minimum absolute atomic E-state index is 0.00806. The number of carbonyl (C=O) groups is 4. The Hall–Kier alpha value is -3.68. The molecule has 42 heavy (non-hydrogen) atoms. The highest BCUT2D eigenvalue weighted by molar-refractivity contribution is 6.16. The monoisotopic (exact) mass is 568 g/mol. The lowest BCUT2D eigenvalue weighted by Crippen LogP contribution is -2.34. The van der Waals surface area contributed by atoms with Crippen molar-refractivity contribution < 1.29 is 19.2 Å². The summed E-state index contributed by atoms with van der Waals surface area (Å²) in [5, 5.41) is 0. The topological polar surface area (TPSA) is 81.2 Å². The summed E-state index contributed by atoms with van der Waals surface area (Å²) in [6.07, 6.45) is 9.62. The first kappa shape index (κ1) is 27.2. The smallest absolute Gasteiger partial charge is 0.236 e. The Kier molecular flexibility index (Phi) is 7.24. The fourth-order valence-electron chi connectivity index (χ4n) is 6.05. The molecular formula is C34H40N4O4. The summed E-state index contributed by atoms with van der Waals surface area (Å²) in [6, 6.07) is 15.7. The quantitative estimate of drug-likeness (QED) is 0.413. The Morgan fingerprint density at radius 1 is 0.405 bits per heavy atom. The predicted molar refractivity (Wildman–Crippen MR) is 162 cm³/mol. The first-order valence-electron chi connectivity index (χ1n) is 15.8. The maximum Gasteiger partial charge on any atom is 0.236 e. The average molecular weight is 569 g/mol. The fraction of sp³-hybridized carbons (Fsp3) is 0.529. The van der Waals surface area contributed by atoms with Gasteiger partial charge in [-0.25, -0.2) is 0 Å². The van der Waals surface area contributed by atoms with Crippen molar-refractivity contribution in [1.82, 2.24) is 0 Å². The molecule has 4 saturated carbocycles. The van der Waals surface area contributed by atoms with Crippen molar-refractivity contribution in [3.63, 3.8) is 0 Å². The lowest BCUT2D eigenvalue weighted by molar-refractivity contribution is -0.127. The third-order valence-electron chi connectivity index (χ3n) is 9.29. The van der Waals surface area contributed by atoms with Crippen LogP contribution in [0.25, 0.3) is 0 Å². The molecule has 2 aliphatic heterocycles. The molecular weight excluding hydrogens is 528 g/mol. The summed E-state index contributed by atoms with van der Waals surface area (Å²) in [6.45, 7) is 3.06. The van der Waals surface area contributed by atoms with Crippen LogP contribution in [0.4, 0.5) is 22.7 Å². The molecule has 4 aliphatic carbocycles. The van der Waals surface area contributed by atoms with Crippen LogP contribution >= 0.6 is 0 Å². The molecule has 220 valence electrons. The molecule has 0 saturated heterocycles. The number of anilines is 4. The molecule has 0 unspecified atom stereocenters. The lowest BCUT2D eigenvalue weighted by atomic mass is 10.2. The maximum atomic E-state index is 12.5. The van der Waals surface area contributed by atoms with Gasteiger partial charge in [0.2, 0.25) is 23.6 Å². The Balaban J connectivity index is 0.000000137. The van der Waals surface area contributed by atoms with Crippen molar-refractivity contribution in [2.75, 3.05) is 45.8 Å². The van der Waals surface area contributed by atoms with Gasteiger partial charge in [-0.05, 0) is 99.3 Å². The maximum absolute atomic E-state index is 12.5. The van der Waals surface area contributed by atoms with Crippen LogP contribution in [0, 0.1) is 23.7 Å². The Morgan fingerprint density at radius 2 is 0.619 bits per heavy atom. The molecule has 0 radical (unpaired) electrons. The van der Waals surface area contributed by atoms with Crippen molar-refractivity contribution in [3.05, 3.63) is 48.5 Å². The number of benzene rings is 2. The van der Waals surface area contributed by atoms with E-state index in [0.29, 0.717) is 23.7 Å². The van der Waals surface area contributed by atoms with Gasteiger partial charge in [-0.1, -0.05) is 24.3 Å². The van der Waals surface area contributed by atoms with Crippen LogP contribution in [-0.4, -0.2) is 49.8 Å².